The van der Waals surface area contributed by atoms with E-state index in [0.717, 1.165) is 11.1 Å². The van der Waals surface area contributed by atoms with E-state index in [9.17, 15) is 9.59 Å². The van der Waals surface area contributed by atoms with E-state index < -0.39 is 17.5 Å². The smallest absolute Gasteiger partial charge is 0.340 e. The van der Waals surface area contributed by atoms with Gasteiger partial charge in [-0.15, -0.1) is 0 Å². The molecule has 0 fully saturated rings. The molecule has 4 aromatic carbocycles. The van der Waals surface area contributed by atoms with E-state index in [1.165, 1.54) is 6.92 Å². The van der Waals surface area contributed by atoms with Gasteiger partial charge in [0.25, 0.3) is 0 Å². The molecule has 0 amide bonds. The van der Waals surface area contributed by atoms with Crippen LogP contribution in [0.2, 0.25) is 0 Å². The number of rotatable bonds is 1. The highest BCUT2D eigenvalue weighted by Gasteiger charge is 2.53. The first-order valence-electron chi connectivity index (χ1n) is 11.9. The van der Waals surface area contributed by atoms with Crippen LogP contribution in [0.4, 0.5) is 0 Å². The van der Waals surface area contributed by atoms with Gasteiger partial charge in [0.2, 0.25) is 0 Å². The molecule has 1 spiro atoms. The SMILES string of the molecule is CC(=O)Oc1ccc2c(c1)Oc1cc(C)ccc1C21OC(=O)c2cc(C#Cc3ccc(C#N)cc3)ccc21. The summed E-state index contributed by atoms with van der Waals surface area (Å²) < 4.78 is 17.7. The maximum atomic E-state index is 13.3. The summed E-state index contributed by atoms with van der Waals surface area (Å²) in [6.07, 6.45) is 0. The predicted molar refractivity (Wildman–Crippen MR) is 138 cm³/mol. The van der Waals surface area contributed by atoms with Crippen molar-refractivity contribution in [2.24, 2.45) is 0 Å². The normalized spacial score (nSPS) is 16.1. The summed E-state index contributed by atoms with van der Waals surface area (Å²) in [5, 5.41) is 8.98. The van der Waals surface area contributed by atoms with Crippen LogP contribution >= 0.6 is 0 Å². The van der Waals surface area contributed by atoms with Crippen molar-refractivity contribution in [3.8, 4) is 35.2 Å². The van der Waals surface area contributed by atoms with Crippen molar-refractivity contribution in [3.63, 3.8) is 0 Å². The molecule has 2 aliphatic rings. The second kappa shape index (κ2) is 8.65. The van der Waals surface area contributed by atoms with Crippen LogP contribution in [0.1, 0.15) is 56.2 Å². The van der Waals surface area contributed by atoms with Crippen LogP contribution < -0.4 is 9.47 Å². The minimum atomic E-state index is -1.23. The third-order valence-electron chi connectivity index (χ3n) is 6.56. The highest BCUT2D eigenvalue weighted by molar-refractivity contribution is 5.97. The maximum Gasteiger partial charge on any atom is 0.340 e. The van der Waals surface area contributed by atoms with E-state index in [4.69, 9.17) is 19.5 Å². The monoisotopic (exact) mass is 497 g/mol. The first kappa shape index (κ1) is 23.1. The van der Waals surface area contributed by atoms with Crippen molar-refractivity contribution < 1.29 is 23.8 Å². The largest absolute Gasteiger partial charge is 0.456 e. The summed E-state index contributed by atoms with van der Waals surface area (Å²) >= 11 is 0. The molecule has 0 N–H and O–H groups in total. The van der Waals surface area contributed by atoms with Gasteiger partial charge in [-0.25, -0.2) is 4.79 Å². The van der Waals surface area contributed by atoms with E-state index in [0.29, 0.717) is 50.6 Å². The molecule has 6 rings (SSSR count). The standard InChI is InChI=1S/C32H19NO5/c1-19-3-12-27-29(15-19)37-30-17-24(36-20(2)34)11-14-28(30)32(27)26-13-10-22(16-25(26)31(35)38-32)7-4-21-5-8-23(18-33)9-6-21/h3,5-6,8-17H,1-2H3. The third-order valence-corrected chi connectivity index (χ3v) is 6.56. The van der Waals surface area contributed by atoms with Crippen molar-refractivity contribution >= 4 is 11.9 Å². The number of fused-ring (bicyclic) bond motifs is 6. The maximum absolute atomic E-state index is 13.3. The van der Waals surface area contributed by atoms with Crippen LogP contribution in [0.25, 0.3) is 0 Å². The van der Waals surface area contributed by atoms with Gasteiger partial charge in [0.15, 0.2) is 5.60 Å². The Bertz CT molecular complexity index is 1770. The molecule has 0 radical (unpaired) electrons. The lowest BCUT2D eigenvalue weighted by Crippen LogP contribution is -2.33. The number of carbonyl (C=O) groups excluding carboxylic acids is 2. The van der Waals surface area contributed by atoms with E-state index in [2.05, 4.69) is 17.9 Å². The molecule has 1 atom stereocenters. The van der Waals surface area contributed by atoms with Gasteiger partial charge in [-0.1, -0.05) is 30.0 Å². The average Bonchev–Trinajstić information content (AvgIpc) is 3.19. The lowest BCUT2D eigenvalue weighted by atomic mass is 9.77. The van der Waals surface area contributed by atoms with Gasteiger partial charge in [0.05, 0.1) is 17.2 Å². The molecule has 0 bridgehead atoms. The zero-order valence-corrected chi connectivity index (χ0v) is 20.5. The number of esters is 2. The molecule has 4 aromatic rings. The zero-order chi connectivity index (χ0) is 26.4. The van der Waals surface area contributed by atoms with Gasteiger partial charge >= 0.3 is 11.9 Å². The highest BCUT2D eigenvalue weighted by atomic mass is 16.6. The molecule has 0 saturated carbocycles. The number of nitrogens with zero attached hydrogens (tertiary/aromatic N) is 1. The third kappa shape index (κ3) is 3.68. The molecule has 6 heteroatoms. The van der Waals surface area contributed by atoms with Crippen LogP contribution in [0.3, 0.4) is 0 Å². The molecule has 0 saturated heterocycles. The topological polar surface area (TPSA) is 85.6 Å². The summed E-state index contributed by atoms with van der Waals surface area (Å²) in [6, 6.07) is 25.3. The number of nitriles is 1. The zero-order valence-electron chi connectivity index (χ0n) is 20.5. The second-order valence-corrected chi connectivity index (χ2v) is 9.12. The summed E-state index contributed by atoms with van der Waals surface area (Å²) in [4.78, 5) is 24.9. The Morgan fingerprint density at radius 1 is 0.816 bits per heavy atom. The number of aryl methyl sites for hydroxylation is 1. The fraction of sp³-hybridized carbons (Fsp3) is 0.0938. The molecular formula is C32H19NO5. The van der Waals surface area contributed by atoms with Crippen LogP contribution in [-0.2, 0) is 15.1 Å². The second-order valence-electron chi connectivity index (χ2n) is 9.12. The fourth-order valence-corrected chi connectivity index (χ4v) is 4.90. The Labute approximate surface area is 219 Å². The lowest BCUT2D eigenvalue weighted by Gasteiger charge is -2.36. The Morgan fingerprint density at radius 2 is 1.45 bits per heavy atom. The summed E-state index contributed by atoms with van der Waals surface area (Å²) in [5.41, 5.74) is 4.17. The first-order chi connectivity index (χ1) is 18.4. The Kier molecular flexibility index (Phi) is 5.26. The van der Waals surface area contributed by atoms with Gasteiger partial charge in [0, 0.05) is 40.8 Å². The summed E-state index contributed by atoms with van der Waals surface area (Å²) in [6.45, 7) is 3.28. The number of hydrogen-bond acceptors (Lipinski definition) is 6. The number of carbonyl (C=O) groups is 2. The van der Waals surface area contributed by atoms with E-state index >= 15 is 0 Å². The predicted octanol–water partition coefficient (Wildman–Crippen LogP) is 5.76. The molecule has 2 aliphatic heterocycles. The lowest BCUT2D eigenvalue weighted by molar-refractivity contribution is -0.131. The van der Waals surface area contributed by atoms with Crippen molar-refractivity contribution in [2.75, 3.05) is 0 Å². The van der Waals surface area contributed by atoms with Gasteiger partial charge in [-0.2, -0.15) is 5.26 Å². The average molecular weight is 498 g/mol. The molecule has 1 unspecified atom stereocenters. The minimum absolute atomic E-state index is 0.334. The molecule has 182 valence electrons. The van der Waals surface area contributed by atoms with Crippen molar-refractivity contribution in [2.45, 2.75) is 19.4 Å². The van der Waals surface area contributed by atoms with Crippen molar-refractivity contribution in [3.05, 3.63) is 123 Å². The van der Waals surface area contributed by atoms with E-state index in [1.54, 1.807) is 48.5 Å². The Morgan fingerprint density at radius 3 is 2.18 bits per heavy atom. The highest BCUT2D eigenvalue weighted by Crippen LogP contribution is 2.56. The van der Waals surface area contributed by atoms with Gasteiger partial charge in [-0.3, -0.25) is 4.79 Å². The molecule has 2 heterocycles. The fourth-order valence-electron chi connectivity index (χ4n) is 4.90. The van der Waals surface area contributed by atoms with Crippen LogP contribution in [0.15, 0.2) is 78.9 Å². The number of benzene rings is 4. The number of hydrogen-bond donors (Lipinski definition) is 0. The summed E-state index contributed by atoms with van der Waals surface area (Å²) in [7, 11) is 0. The van der Waals surface area contributed by atoms with Gasteiger partial charge in [-0.05, 0) is 67.1 Å². The van der Waals surface area contributed by atoms with Crippen LogP contribution in [0, 0.1) is 30.1 Å². The Balaban J connectivity index is 1.48. The molecule has 6 nitrogen and oxygen atoms in total. The quantitative estimate of drug-likeness (QED) is 0.189. The summed E-state index contributed by atoms with van der Waals surface area (Å²) in [5.74, 6) is 6.59. The molecule has 0 aliphatic carbocycles. The number of ether oxygens (including phenoxy) is 3. The minimum Gasteiger partial charge on any atom is -0.456 e. The molecule has 0 aromatic heterocycles. The van der Waals surface area contributed by atoms with Crippen molar-refractivity contribution in [1.82, 2.24) is 0 Å². The van der Waals surface area contributed by atoms with E-state index in [-0.39, 0.29) is 0 Å². The Hall–Kier alpha value is -5.33. The van der Waals surface area contributed by atoms with E-state index in [1.807, 2.05) is 37.3 Å². The molecule has 38 heavy (non-hydrogen) atoms. The van der Waals surface area contributed by atoms with Crippen molar-refractivity contribution in [1.29, 1.82) is 5.26 Å². The van der Waals surface area contributed by atoms with Crippen LogP contribution in [-0.4, -0.2) is 11.9 Å². The van der Waals surface area contributed by atoms with Gasteiger partial charge in [0.1, 0.15) is 17.2 Å². The molecular weight excluding hydrogens is 478 g/mol. The first-order valence-corrected chi connectivity index (χ1v) is 11.9. The van der Waals surface area contributed by atoms with Gasteiger partial charge < -0.3 is 14.2 Å². The van der Waals surface area contributed by atoms with Crippen LogP contribution in [0.5, 0.6) is 17.2 Å².